The van der Waals surface area contributed by atoms with Gasteiger partial charge in [0.05, 0.1) is 5.69 Å². The number of hydrogen-bond donors (Lipinski definition) is 0. The van der Waals surface area contributed by atoms with Gasteiger partial charge in [-0.25, -0.2) is 5.01 Å². The quantitative estimate of drug-likeness (QED) is 0.794. The summed E-state index contributed by atoms with van der Waals surface area (Å²) in [6.07, 6.45) is 4.37. The lowest BCUT2D eigenvalue weighted by Gasteiger charge is -2.44. The summed E-state index contributed by atoms with van der Waals surface area (Å²) in [6, 6.07) is 18.6. The number of hydrogen-bond acceptors (Lipinski definition) is 4. The van der Waals surface area contributed by atoms with E-state index in [0.29, 0.717) is 6.54 Å². The van der Waals surface area contributed by atoms with E-state index in [-0.39, 0.29) is 5.66 Å². The number of nitrogens with zero attached hydrogens (tertiary/aromatic N) is 4. The van der Waals surface area contributed by atoms with Crippen molar-refractivity contribution >= 4 is 17.5 Å². The van der Waals surface area contributed by atoms with Crippen molar-refractivity contribution in [3.63, 3.8) is 0 Å². The lowest BCUT2D eigenvalue weighted by Crippen LogP contribution is -2.57. The maximum absolute atomic E-state index is 4.37. The monoisotopic (exact) mass is 276 g/mol. The number of benzene rings is 2. The molecule has 1 atom stereocenters. The first-order valence-corrected chi connectivity index (χ1v) is 7.06. The van der Waals surface area contributed by atoms with Crippen LogP contribution in [0.1, 0.15) is 5.56 Å². The minimum Gasteiger partial charge on any atom is -0.345 e. The van der Waals surface area contributed by atoms with Gasteiger partial charge in [0.15, 0.2) is 5.66 Å². The van der Waals surface area contributed by atoms with Gasteiger partial charge in [-0.05, 0) is 29.8 Å². The predicted octanol–water partition coefficient (Wildman–Crippen LogP) is 3.73. The van der Waals surface area contributed by atoms with E-state index in [2.05, 4.69) is 70.8 Å². The molecular formula is C17H16N4. The van der Waals surface area contributed by atoms with Gasteiger partial charge in [-0.1, -0.05) is 47.7 Å². The first-order valence-electron chi connectivity index (χ1n) is 7.06. The van der Waals surface area contributed by atoms with Gasteiger partial charge in [0, 0.05) is 12.7 Å². The van der Waals surface area contributed by atoms with Crippen LogP contribution in [0.2, 0.25) is 0 Å². The molecule has 0 aliphatic carbocycles. The van der Waals surface area contributed by atoms with Crippen molar-refractivity contribution in [3.05, 3.63) is 66.2 Å². The van der Waals surface area contributed by atoms with Crippen molar-refractivity contribution in [2.75, 3.05) is 23.5 Å². The molecule has 4 heteroatoms. The van der Waals surface area contributed by atoms with Crippen molar-refractivity contribution in [2.24, 2.45) is 10.3 Å². The molecule has 0 saturated heterocycles. The number of anilines is 2. The zero-order chi connectivity index (χ0) is 14.3. The molecule has 0 saturated carbocycles. The Hall–Kier alpha value is -2.62. The van der Waals surface area contributed by atoms with Gasteiger partial charge in [-0.2, -0.15) is 5.11 Å². The number of likely N-dealkylation sites (N-methyl/N-ethyl adjacent to an activating group) is 1. The summed E-state index contributed by atoms with van der Waals surface area (Å²) in [4.78, 5) is 2.26. The summed E-state index contributed by atoms with van der Waals surface area (Å²) < 4.78 is 0. The van der Waals surface area contributed by atoms with Gasteiger partial charge in [-0.15, -0.1) is 0 Å². The van der Waals surface area contributed by atoms with Crippen molar-refractivity contribution in [1.82, 2.24) is 0 Å². The molecule has 104 valence electrons. The van der Waals surface area contributed by atoms with Crippen LogP contribution in [0.5, 0.6) is 0 Å². The van der Waals surface area contributed by atoms with Gasteiger partial charge in [0.1, 0.15) is 6.54 Å². The topological polar surface area (TPSA) is 31.2 Å². The summed E-state index contributed by atoms with van der Waals surface area (Å²) in [7, 11) is 2.11. The molecular weight excluding hydrogens is 260 g/mol. The van der Waals surface area contributed by atoms with Crippen molar-refractivity contribution in [2.45, 2.75) is 5.66 Å². The van der Waals surface area contributed by atoms with E-state index >= 15 is 0 Å². The highest BCUT2D eigenvalue weighted by Gasteiger charge is 2.45. The second-order valence-electron chi connectivity index (χ2n) is 5.37. The smallest absolute Gasteiger partial charge is 0.177 e. The molecule has 2 heterocycles. The van der Waals surface area contributed by atoms with Crippen LogP contribution in [-0.2, 0) is 0 Å². The van der Waals surface area contributed by atoms with E-state index in [1.807, 2.05) is 23.2 Å². The SMILES string of the molecule is CN1c2ccccc2C=C[C@@]12CN=NN2c1ccccc1. The highest BCUT2D eigenvalue weighted by atomic mass is 15.7. The number of rotatable bonds is 1. The molecule has 0 bridgehead atoms. The fourth-order valence-electron chi connectivity index (χ4n) is 3.04. The second-order valence-corrected chi connectivity index (χ2v) is 5.37. The lowest BCUT2D eigenvalue weighted by atomic mass is 9.97. The molecule has 2 aromatic carbocycles. The van der Waals surface area contributed by atoms with Gasteiger partial charge < -0.3 is 4.90 Å². The fraction of sp³-hybridized carbons (Fsp3) is 0.176. The van der Waals surface area contributed by atoms with E-state index in [1.165, 1.54) is 11.3 Å². The maximum Gasteiger partial charge on any atom is 0.177 e. The molecule has 2 aliphatic rings. The van der Waals surface area contributed by atoms with Crippen LogP contribution >= 0.6 is 0 Å². The third-order valence-electron chi connectivity index (χ3n) is 4.23. The highest BCUT2D eigenvalue weighted by Crippen LogP contribution is 2.40. The van der Waals surface area contributed by atoms with Crippen LogP contribution < -0.4 is 9.91 Å². The maximum atomic E-state index is 4.37. The van der Waals surface area contributed by atoms with Crippen LogP contribution in [0.3, 0.4) is 0 Å². The molecule has 1 spiro atoms. The molecule has 4 nitrogen and oxygen atoms in total. The average Bonchev–Trinajstić information content (AvgIpc) is 2.97. The Labute approximate surface area is 124 Å². The van der Waals surface area contributed by atoms with Crippen molar-refractivity contribution in [1.29, 1.82) is 0 Å². The van der Waals surface area contributed by atoms with Gasteiger partial charge >= 0.3 is 0 Å². The van der Waals surface area contributed by atoms with E-state index in [9.17, 15) is 0 Å². The lowest BCUT2D eigenvalue weighted by molar-refractivity contribution is 0.528. The van der Waals surface area contributed by atoms with Crippen molar-refractivity contribution in [3.8, 4) is 0 Å². The number of fused-ring (bicyclic) bond motifs is 1. The Bertz CT molecular complexity index is 723. The van der Waals surface area contributed by atoms with Gasteiger partial charge in [0.25, 0.3) is 0 Å². The van der Waals surface area contributed by atoms with Gasteiger partial charge in [0.2, 0.25) is 0 Å². The predicted molar refractivity (Wildman–Crippen MR) is 85.3 cm³/mol. The molecule has 2 aromatic rings. The highest BCUT2D eigenvalue weighted by molar-refractivity contribution is 5.75. The Morgan fingerprint density at radius 2 is 1.76 bits per heavy atom. The van der Waals surface area contributed by atoms with Crippen LogP contribution in [0.15, 0.2) is 71.0 Å². The van der Waals surface area contributed by atoms with Crippen LogP contribution in [-0.4, -0.2) is 19.3 Å². The molecule has 0 fully saturated rings. The average molecular weight is 276 g/mol. The summed E-state index contributed by atoms with van der Waals surface area (Å²) in [6.45, 7) is 0.628. The first kappa shape index (κ1) is 12.1. The molecule has 0 amide bonds. The summed E-state index contributed by atoms with van der Waals surface area (Å²) in [5.74, 6) is 0. The van der Waals surface area contributed by atoms with Crippen LogP contribution in [0.25, 0.3) is 6.08 Å². The normalized spacial score (nSPS) is 22.9. The van der Waals surface area contributed by atoms with Gasteiger partial charge in [-0.3, -0.25) is 0 Å². The minimum absolute atomic E-state index is 0.351. The second kappa shape index (κ2) is 4.45. The third kappa shape index (κ3) is 1.69. The zero-order valence-corrected chi connectivity index (χ0v) is 11.8. The standard InChI is InChI=1S/C17H16N4/c1-20-16-10-6-5-7-14(16)11-12-17(20)13-18-19-21(17)15-8-3-2-4-9-15/h2-12H,13H2,1H3/t17-/m1/s1. The van der Waals surface area contributed by atoms with E-state index in [0.717, 1.165) is 5.69 Å². The molecule has 0 radical (unpaired) electrons. The van der Waals surface area contributed by atoms with E-state index in [1.54, 1.807) is 0 Å². The third-order valence-corrected chi connectivity index (χ3v) is 4.23. The Balaban J connectivity index is 1.82. The molecule has 21 heavy (non-hydrogen) atoms. The van der Waals surface area contributed by atoms with E-state index < -0.39 is 0 Å². The van der Waals surface area contributed by atoms with Crippen molar-refractivity contribution < 1.29 is 0 Å². The molecule has 0 unspecified atom stereocenters. The Morgan fingerprint density at radius 1 is 1.00 bits per heavy atom. The summed E-state index contributed by atoms with van der Waals surface area (Å²) in [5, 5.41) is 10.7. The molecule has 4 rings (SSSR count). The summed E-state index contributed by atoms with van der Waals surface area (Å²) in [5.41, 5.74) is 3.13. The largest absolute Gasteiger partial charge is 0.345 e. The summed E-state index contributed by atoms with van der Waals surface area (Å²) >= 11 is 0. The number of para-hydroxylation sites is 2. The molecule has 0 aromatic heterocycles. The zero-order valence-electron chi connectivity index (χ0n) is 11.8. The Kier molecular flexibility index (Phi) is 2.57. The first-order chi connectivity index (χ1) is 10.3. The fourth-order valence-corrected chi connectivity index (χ4v) is 3.04. The van der Waals surface area contributed by atoms with E-state index in [4.69, 9.17) is 0 Å². The van der Waals surface area contributed by atoms with Crippen LogP contribution in [0.4, 0.5) is 11.4 Å². The Morgan fingerprint density at radius 3 is 2.62 bits per heavy atom. The minimum atomic E-state index is -0.351. The van der Waals surface area contributed by atoms with Crippen LogP contribution in [0, 0.1) is 0 Å². The molecule has 2 aliphatic heterocycles. The molecule has 0 N–H and O–H groups in total.